The van der Waals surface area contributed by atoms with Gasteiger partial charge in [-0.3, -0.25) is 0 Å². The number of aliphatic hydroxyl groups excluding tert-OH is 3. The van der Waals surface area contributed by atoms with Crippen LogP contribution in [0.2, 0.25) is 0 Å². The molecule has 4 heteroatoms. The molecule has 0 saturated heterocycles. The fraction of sp³-hybridized carbons (Fsp3) is 0.647. The van der Waals surface area contributed by atoms with E-state index < -0.39 is 6.10 Å². The van der Waals surface area contributed by atoms with Gasteiger partial charge in [0.1, 0.15) is 0 Å². The van der Waals surface area contributed by atoms with Crippen molar-refractivity contribution in [2.24, 2.45) is 5.92 Å². The van der Waals surface area contributed by atoms with Crippen molar-refractivity contribution < 1.29 is 15.3 Å². The van der Waals surface area contributed by atoms with Gasteiger partial charge in [-0.1, -0.05) is 37.5 Å². The monoisotopic (exact) mass is 310 g/mol. The normalized spacial score (nSPS) is 20.9. The first-order chi connectivity index (χ1) is 10.2. The van der Waals surface area contributed by atoms with Crippen LogP contribution in [0.4, 0.5) is 0 Å². The Kier molecular flexibility index (Phi) is 6.55. The molecule has 0 heterocycles. The molecule has 118 valence electrons. The van der Waals surface area contributed by atoms with E-state index in [9.17, 15) is 10.2 Å². The molecular weight excluding hydrogens is 284 g/mol. The number of rotatable bonds is 7. The molecule has 21 heavy (non-hydrogen) atoms. The van der Waals surface area contributed by atoms with Crippen molar-refractivity contribution in [2.45, 2.75) is 54.3 Å². The van der Waals surface area contributed by atoms with Crippen molar-refractivity contribution in [3.63, 3.8) is 0 Å². The maximum absolute atomic E-state index is 10.9. The third-order valence-electron chi connectivity index (χ3n) is 4.48. The molecular formula is C17H26O3S. The van der Waals surface area contributed by atoms with Crippen LogP contribution in [0.5, 0.6) is 0 Å². The summed E-state index contributed by atoms with van der Waals surface area (Å²) in [6.45, 7) is -0.0623. The molecule has 2 rings (SSSR count). The molecule has 1 aliphatic carbocycles. The number of hydrogen-bond donors (Lipinski definition) is 3. The summed E-state index contributed by atoms with van der Waals surface area (Å²) in [6, 6.07) is 10.2. The van der Waals surface area contributed by atoms with Gasteiger partial charge in [-0.05, 0) is 31.4 Å². The smallest absolute Gasteiger partial charge is 0.0741 e. The van der Waals surface area contributed by atoms with E-state index in [1.807, 2.05) is 18.2 Å². The van der Waals surface area contributed by atoms with Gasteiger partial charge in [0.05, 0.1) is 6.10 Å². The lowest BCUT2D eigenvalue weighted by Crippen LogP contribution is -2.46. The van der Waals surface area contributed by atoms with E-state index in [4.69, 9.17) is 5.11 Å². The Hall–Kier alpha value is -0.550. The number of hydrogen-bond acceptors (Lipinski definition) is 4. The molecule has 0 radical (unpaired) electrons. The maximum atomic E-state index is 10.9. The van der Waals surface area contributed by atoms with Gasteiger partial charge in [0.15, 0.2) is 0 Å². The molecule has 0 aliphatic heterocycles. The fourth-order valence-electron chi connectivity index (χ4n) is 3.28. The zero-order valence-electron chi connectivity index (χ0n) is 12.4. The summed E-state index contributed by atoms with van der Waals surface area (Å²) in [6.07, 6.45) is 5.26. The molecule has 1 aliphatic rings. The number of aliphatic hydroxyl groups is 3. The molecule has 0 spiro atoms. The van der Waals surface area contributed by atoms with E-state index in [1.165, 1.54) is 11.3 Å². The minimum absolute atomic E-state index is 0.00830. The van der Waals surface area contributed by atoms with Gasteiger partial charge in [-0.2, -0.15) is 0 Å². The van der Waals surface area contributed by atoms with Gasteiger partial charge in [-0.15, -0.1) is 11.8 Å². The average molecular weight is 310 g/mol. The maximum Gasteiger partial charge on any atom is 0.0741 e. The van der Waals surface area contributed by atoms with Crippen LogP contribution in [0.3, 0.4) is 0 Å². The van der Waals surface area contributed by atoms with Crippen LogP contribution in [0, 0.1) is 5.92 Å². The Morgan fingerprint density at radius 3 is 2.29 bits per heavy atom. The van der Waals surface area contributed by atoms with Crippen LogP contribution in [-0.4, -0.2) is 39.4 Å². The van der Waals surface area contributed by atoms with Crippen molar-refractivity contribution in [3.05, 3.63) is 30.3 Å². The van der Waals surface area contributed by atoms with Crippen molar-refractivity contribution in [3.8, 4) is 0 Å². The molecule has 1 aromatic rings. The molecule has 3 N–H and O–H groups in total. The molecule has 1 fully saturated rings. The van der Waals surface area contributed by atoms with Crippen molar-refractivity contribution in [1.82, 2.24) is 0 Å². The molecule has 1 saturated carbocycles. The highest BCUT2D eigenvalue weighted by Gasteiger charge is 2.43. The average Bonchev–Trinajstić information content (AvgIpc) is 2.54. The Morgan fingerprint density at radius 1 is 1.05 bits per heavy atom. The molecule has 1 aromatic carbocycles. The van der Waals surface area contributed by atoms with Crippen LogP contribution >= 0.6 is 11.8 Å². The predicted molar refractivity (Wildman–Crippen MR) is 86.4 cm³/mol. The summed E-state index contributed by atoms with van der Waals surface area (Å²) < 4.78 is -0.234. The van der Waals surface area contributed by atoms with E-state index >= 15 is 0 Å². The SMILES string of the molecule is OCC[C@@H](CO)[C@H](O)C1(Sc2ccccc2)CCCCC1. The topological polar surface area (TPSA) is 60.7 Å². The summed E-state index contributed by atoms with van der Waals surface area (Å²) in [5.41, 5.74) is 0. The van der Waals surface area contributed by atoms with Crippen molar-refractivity contribution in [1.29, 1.82) is 0 Å². The summed E-state index contributed by atoms with van der Waals surface area (Å²) in [7, 11) is 0. The minimum Gasteiger partial charge on any atom is -0.396 e. The Balaban J connectivity index is 2.19. The highest BCUT2D eigenvalue weighted by Crippen LogP contribution is 2.48. The lowest BCUT2D eigenvalue weighted by molar-refractivity contribution is 0.0142. The summed E-state index contributed by atoms with van der Waals surface area (Å²) in [5.74, 6) is -0.246. The Labute approximate surface area is 131 Å². The second-order valence-electron chi connectivity index (χ2n) is 5.94. The largest absolute Gasteiger partial charge is 0.396 e. The fourth-order valence-corrected chi connectivity index (χ4v) is 4.84. The zero-order valence-corrected chi connectivity index (χ0v) is 13.3. The minimum atomic E-state index is -0.583. The predicted octanol–water partition coefficient (Wildman–Crippen LogP) is 2.83. The molecule has 3 nitrogen and oxygen atoms in total. The Bertz CT molecular complexity index is 404. The van der Waals surface area contributed by atoms with Gasteiger partial charge in [-0.25, -0.2) is 0 Å². The summed E-state index contributed by atoms with van der Waals surface area (Å²) >= 11 is 1.75. The van der Waals surface area contributed by atoms with Crippen LogP contribution in [-0.2, 0) is 0 Å². The van der Waals surface area contributed by atoms with E-state index in [-0.39, 0.29) is 23.9 Å². The number of benzene rings is 1. The third-order valence-corrected chi connectivity index (χ3v) is 6.05. The van der Waals surface area contributed by atoms with Crippen LogP contribution in [0.1, 0.15) is 38.5 Å². The standard InChI is InChI=1S/C17H26O3S/c18-12-9-14(13-19)16(20)17(10-5-2-6-11-17)21-15-7-3-1-4-8-15/h1,3-4,7-8,14,16,18-20H,2,5-6,9-13H2/t14-,16-/m0/s1. The van der Waals surface area contributed by atoms with E-state index in [1.54, 1.807) is 11.8 Å². The Morgan fingerprint density at radius 2 is 1.71 bits per heavy atom. The van der Waals surface area contributed by atoms with E-state index in [0.29, 0.717) is 6.42 Å². The van der Waals surface area contributed by atoms with Crippen LogP contribution in [0.25, 0.3) is 0 Å². The van der Waals surface area contributed by atoms with Crippen LogP contribution in [0.15, 0.2) is 35.2 Å². The highest BCUT2D eigenvalue weighted by molar-refractivity contribution is 8.00. The summed E-state index contributed by atoms with van der Waals surface area (Å²) in [4.78, 5) is 1.17. The first-order valence-corrected chi connectivity index (χ1v) is 8.67. The first-order valence-electron chi connectivity index (χ1n) is 7.86. The van der Waals surface area contributed by atoms with Gasteiger partial charge >= 0.3 is 0 Å². The van der Waals surface area contributed by atoms with Gasteiger partial charge in [0, 0.05) is 28.8 Å². The molecule has 0 amide bonds. The molecule has 0 unspecified atom stereocenters. The first kappa shape index (κ1) is 16.8. The quantitative estimate of drug-likeness (QED) is 0.725. The number of thioether (sulfide) groups is 1. The zero-order chi connectivity index (χ0) is 15.1. The van der Waals surface area contributed by atoms with Crippen LogP contribution < -0.4 is 0 Å². The lowest BCUT2D eigenvalue weighted by Gasteiger charge is -2.43. The summed E-state index contributed by atoms with van der Waals surface area (Å²) in [5, 5.41) is 29.6. The third kappa shape index (κ3) is 4.22. The van der Waals surface area contributed by atoms with Crippen molar-refractivity contribution in [2.75, 3.05) is 13.2 Å². The van der Waals surface area contributed by atoms with E-state index in [0.717, 1.165) is 25.7 Å². The molecule has 0 bridgehead atoms. The second kappa shape index (κ2) is 8.18. The van der Waals surface area contributed by atoms with Gasteiger partial charge in [0.2, 0.25) is 0 Å². The molecule has 2 atom stereocenters. The van der Waals surface area contributed by atoms with Gasteiger partial charge in [0.25, 0.3) is 0 Å². The lowest BCUT2D eigenvalue weighted by atomic mass is 9.78. The van der Waals surface area contributed by atoms with Gasteiger partial charge < -0.3 is 15.3 Å². The second-order valence-corrected chi connectivity index (χ2v) is 7.43. The van der Waals surface area contributed by atoms with E-state index in [2.05, 4.69) is 12.1 Å². The highest BCUT2D eigenvalue weighted by atomic mass is 32.2. The molecule has 0 aromatic heterocycles. The van der Waals surface area contributed by atoms with Crippen molar-refractivity contribution >= 4 is 11.8 Å².